The molecular formula is C48H45N3O9. The lowest BCUT2D eigenvalue weighted by Gasteiger charge is -2.48. The Bertz CT molecular complexity index is 2350. The summed E-state index contributed by atoms with van der Waals surface area (Å²) < 4.78 is 20.3. The van der Waals surface area contributed by atoms with Gasteiger partial charge in [-0.25, -0.2) is 0 Å². The van der Waals surface area contributed by atoms with E-state index in [2.05, 4.69) is 10.6 Å². The van der Waals surface area contributed by atoms with Gasteiger partial charge in [0, 0.05) is 36.2 Å². The average Bonchev–Trinajstić information content (AvgIpc) is 3.86. The Morgan fingerprint density at radius 2 is 1.50 bits per heavy atom. The molecule has 12 nitrogen and oxygen atoms in total. The number of nitrogens with one attached hydrogen (secondary N) is 2. The summed E-state index contributed by atoms with van der Waals surface area (Å²) in [7, 11) is 0. The number of para-hydroxylation sites is 1. The third-order valence-electron chi connectivity index (χ3n) is 11.9. The summed E-state index contributed by atoms with van der Waals surface area (Å²) in [6, 6.07) is 40.0. The Morgan fingerprint density at radius 1 is 0.800 bits per heavy atom. The van der Waals surface area contributed by atoms with Gasteiger partial charge in [-0.15, -0.1) is 0 Å². The molecule has 1 aliphatic carbocycles. The maximum atomic E-state index is 15.0. The van der Waals surface area contributed by atoms with E-state index in [4.69, 9.17) is 19.0 Å². The number of hydroxylamine groups is 2. The van der Waals surface area contributed by atoms with E-state index in [1.165, 1.54) is 0 Å². The largest absolute Gasteiger partial charge is 0.508 e. The van der Waals surface area contributed by atoms with Crippen molar-refractivity contribution in [3.8, 4) is 5.75 Å². The average molecular weight is 808 g/mol. The van der Waals surface area contributed by atoms with Crippen molar-refractivity contribution in [1.82, 2.24) is 15.7 Å². The molecule has 4 N–H and O–H groups in total. The molecule has 5 aromatic rings. The van der Waals surface area contributed by atoms with Crippen LogP contribution in [0.4, 0.5) is 0 Å². The zero-order valence-electron chi connectivity index (χ0n) is 32.7. The summed E-state index contributed by atoms with van der Waals surface area (Å²) in [5.74, 6) is -2.46. The van der Waals surface area contributed by atoms with E-state index in [1.54, 1.807) is 41.5 Å². The summed E-state index contributed by atoms with van der Waals surface area (Å²) in [4.78, 5) is 48.8. The van der Waals surface area contributed by atoms with Crippen LogP contribution in [0, 0.1) is 5.41 Å². The number of carbonyl (C=O) groups is 3. The number of aliphatic hydroxyl groups excluding tert-OH is 1. The van der Waals surface area contributed by atoms with Crippen molar-refractivity contribution < 1.29 is 43.6 Å². The predicted molar refractivity (Wildman–Crippen MR) is 220 cm³/mol. The van der Waals surface area contributed by atoms with Gasteiger partial charge in [0.05, 0.1) is 13.2 Å². The second-order valence-electron chi connectivity index (χ2n) is 15.6. The lowest BCUT2D eigenvalue weighted by Crippen LogP contribution is -2.69. The van der Waals surface area contributed by atoms with Gasteiger partial charge in [0.25, 0.3) is 5.91 Å². The molecule has 5 aromatic carbocycles. The molecule has 1 saturated carbocycles. The number of fused-ring (bicyclic) bond motifs is 4. The highest BCUT2D eigenvalue weighted by Crippen LogP contribution is 2.59. The minimum Gasteiger partial charge on any atom is -0.508 e. The molecule has 9 rings (SSSR count). The highest BCUT2D eigenvalue weighted by molar-refractivity contribution is 5.95. The normalized spacial score (nSPS) is 25.1. The van der Waals surface area contributed by atoms with Crippen LogP contribution in [-0.2, 0) is 53.9 Å². The van der Waals surface area contributed by atoms with Crippen molar-refractivity contribution in [2.45, 2.75) is 62.2 Å². The number of carbonyl (C=O) groups excluding carboxylic acids is 3. The molecule has 3 aliphatic heterocycles. The lowest BCUT2D eigenvalue weighted by molar-refractivity contribution is -0.213. The molecule has 4 aliphatic rings. The van der Waals surface area contributed by atoms with Crippen molar-refractivity contribution in [2.24, 2.45) is 5.41 Å². The third kappa shape index (κ3) is 7.16. The Balaban J connectivity index is 1.03. The van der Waals surface area contributed by atoms with E-state index in [1.807, 2.05) is 109 Å². The molecule has 2 bridgehead atoms. The molecule has 6 unspecified atom stereocenters. The second-order valence-corrected chi connectivity index (χ2v) is 15.6. The number of amides is 2. The highest BCUT2D eigenvalue weighted by atomic mass is 16.8. The third-order valence-corrected chi connectivity index (χ3v) is 11.9. The second kappa shape index (κ2) is 16.5. The molecule has 306 valence electrons. The van der Waals surface area contributed by atoms with Crippen molar-refractivity contribution >= 4 is 23.9 Å². The quantitative estimate of drug-likeness (QED) is 0.117. The summed E-state index contributed by atoms with van der Waals surface area (Å²) >= 11 is 0. The van der Waals surface area contributed by atoms with Crippen LogP contribution in [0.1, 0.15) is 50.2 Å². The fraction of sp³-hybridized carbons (Fsp3) is 0.271. The van der Waals surface area contributed by atoms with Crippen LogP contribution in [0.5, 0.6) is 5.75 Å². The monoisotopic (exact) mass is 807 g/mol. The van der Waals surface area contributed by atoms with Gasteiger partial charge in [0.15, 0.2) is 6.04 Å². The number of benzene rings is 5. The molecule has 3 saturated heterocycles. The first-order chi connectivity index (χ1) is 29.3. The highest BCUT2D eigenvalue weighted by Gasteiger charge is 2.76. The van der Waals surface area contributed by atoms with Crippen LogP contribution in [-0.4, -0.2) is 76.7 Å². The van der Waals surface area contributed by atoms with Crippen LogP contribution in [0.15, 0.2) is 140 Å². The summed E-state index contributed by atoms with van der Waals surface area (Å²) in [6.07, 6.45) is 1.31. The molecule has 3 heterocycles. The van der Waals surface area contributed by atoms with Gasteiger partial charge < -0.3 is 35.1 Å². The van der Waals surface area contributed by atoms with Gasteiger partial charge in [0.2, 0.25) is 11.7 Å². The van der Waals surface area contributed by atoms with Crippen LogP contribution < -0.4 is 10.6 Å². The molecule has 4 fully saturated rings. The standard InChI is InChI=1S/C48H45N3O9/c52-26-25-49-44(54)35-15-10-12-33(27-35)29-50-46(56)47-28-39-40-41(59-48(58-40,36-16-3-1-4-17-36)37-18-5-2-6-19-37)43(47)60-51(42(47)45(55)57-39)30-32-23-21-31(22-24-32)11-9-14-34-13-7-8-20-38(34)53/h1-13,15-24,27,39-43,52-53H,14,25-26,28-30H2,(H,49,54)(H,50,56). The van der Waals surface area contributed by atoms with Gasteiger partial charge in [0.1, 0.15) is 35.6 Å². The Labute approximate surface area is 347 Å². The number of aliphatic hydroxyl groups is 1. The van der Waals surface area contributed by atoms with Crippen LogP contribution in [0.2, 0.25) is 0 Å². The van der Waals surface area contributed by atoms with Crippen molar-refractivity contribution in [2.75, 3.05) is 13.2 Å². The van der Waals surface area contributed by atoms with Crippen LogP contribution in [0.25, 0.3) is 6.08 Å². The number of ether oxygens (including phenoxy) is 3. The zero-order chi connectivity index (χ0) is 41.3. The number of hydrogen-bond donors (Lipinski definition) is 4. The number of esters is 1. The van der Waals surface area contributed by atoms with Gasteiger partial charge in [-0.05, 0) is 46.9 Å². The van der Waals surface area contributed by atoms with E-state index in [9.17, 15) is 24.6 Å². The fourth-order valence-corrected chi connectivity index (χ4v) is 9.05. The van der Waals surface area contributed by atoms with Crippen molar-refractivity contribution in [1.29, 1.82) is 0 Å². The maximum absolute atomic E-state index is 15.0. The first-order valence-electron chi connectivity index (χ1n) is 20.2. The maximum Gasteiger partial charge on any atom is 0.327 e. The molecule has 60 heavy (non-hydrogen) atoms. The Kier molecular flexibility index (Phi) is 10.8. The van der Waals surface area contributed by atoms with E-state index in [0.717, 1.165) is 27.8 Å². The molecule has 0 aromatic heterocycles. The number of rotatable bonds is 13. The number of hydrogen-bond acceptors (Lipinski definition) is 10. The fourth-order valence-electron chi connectivity index (χ4n) is 9.05. The Morgan fingerprint density at radius 3 is 2.22 bits per heavy atom. The van der Waals surface area contributed by atoms with Gasteiger partial charge in [-0.3, -0.25) is 19.2 Å². The number of phenolic OH excluding ortho intramolecular Hbond substituents is 1. The Hall–Kier alpha value is -6.15. The van der Waals surface area contributed by atoms with Crippen molar-refractivity contribution in [3.63, 3.8) is 0 Å². The molecule has 0 spiro atoms. The van der Waals surface area contributed by atoms with E-state index >= 15 is 0 Å². The molecular weight excluding hydrogens is 763 g/mol. The van der Waals surface area contributed by atoms with Crippen LogP contribution >= 0.6 is 0 Å². The number of phenols is 1. The molecule has 2 amide bonds. The van der Waals surface area contributed by atoms with E-state index < -0.39 is 53.5 Å². The topological polar surface area (TPSA) is 156 Å². The van der Waals surface area contributed by atoms with Gasteiger partial charge in [-0.1, -0.05) is 127 Å². The SMILES string of the molecule is O=C(NCCO)c1cccc(CNC(=O)C23CC4OC(=O)C2N(Cc2ccc(C=CCc5ccccc5O)cc2)OC3C2OC(c3ccccc3)(c3ccccc3)OC42)c1. The van der Waals surface area contributed by atoms with E-state index in [0.29, 0.717) is 17.5 Å². The smallest absolute Gasteiger partial charge is 0.327 e. The summed E-state index contributed by atoms with van der Waals surface area (Å²) in [5.41, 5.74) is 3.74. The molecule has 6 atom stereocenters. The summed E-state index contributed by atoms with van der Waals surface area (Å²) in [5, 5.41) is 26.6. The number of allylic oxidation sites excluding steroid dienone is 1. The number of nitrogens with zero attached hydrogens (tertiary/aromatic N) is 1. The first-order valence-corrected chi connectivity index (χ1v) is 20.2. The molecule has 12 heteroatoms. The van der Waals surface area contributed by atoms with E-state index in [-0.39, 0.29) is 44.3 Å². The first kappa shape index (κ1) is 39.3. The minimum absolute atomic E-state index is 0.0726. The number of aromatic hydroxyl groups is 1. The zero-order valence-corrected chi connectivity index (χ0v) is 32.7. The predicted octanol–water partition coefficient (Wildman–Crippen LogP) is 5.17. The lowest BCUT2D eigenvalue weighted by atomic mass is 9.62. The minimum atomic E-state index is -1.43. The van der Waals surface area contributed by atoms with Gasteiger partial charge in [-0.2, -0.15) is 5.06 Å². The molecule has 0 radical (unpaired) electrons. The van der Waals surface area contributed by atoms with Crippen LogP contribution in [0.3, 0.4) is 0 Å². The van der Waals surface area contributed by atoms with Crippen molar-refractivity contribution in [3.05, 3.63) is 178 Å². The van der Waals surface area contributed by atoms with Gasteiger partial charge >= 0.3 is 5.97 Å². The summed E-state index contributed by atoms with van der Waals surface area (Å²) in [6.45, 7) is 0.172.